The molecule has 0 aromatic heterocycles. The minimum atomic E-state index is -0.941. The lowest BCUT2D eigenvalue weighted by Crippen LogP contribution is -1.95. The SMILES string of the molecule is O=C(O)c1ccc(CN=Cc2ccccc2O)cc1. The molecule has 0 aliphatic carbocycles. The average molecular weight is 255 g/mol. The van der Waals surface area contributed by atoms with Crippen molar-refractivity contribution < 1.29 is 15.0 Å². The second-order valence-electron chi connectivity index (χ2n) is 4.03. The second kappa shape index (κ2) is 5.82. The molecule has 2 aromatic carbocycles. The lowest BCUT2D eigenvalue weighted by Gasteiger charge is -1.99. The number of aliphatic imine (C=N–C) groups is 1. The van der Waals surface area contributed by atoms with Gasteiger partial charge in [0.25, 0.3) is 0 Å². The number of phenols is 1. The van der Waals surface area contributed by atoms with E-state index in [0.717, 1.165) is 5.56 Å². The summed E-state index contributed by atoms with van der Waals surface area (Å²) in [5, 5.41) is 18.3. The van der Waals surface area contributed by atoms with Crippen molar-refractivity contribution in [1.29, 1.82) is 0 Å². The Hall–Kier alpha value is -2.62. The molecule has 4 heteroatoms. The van der Waals surface area contributed by atoms with Crippen LogP contribution < -0.4 is 0 Å². The molecule has 0 unspecified atom stereocenters. The molecule has 0 saturated heterocycles. The molecule has 0 atom stereocenters. The van der Waals surface area contributed by atoms with Gasteiger partial charge in [-0.05, 0) is 29.8 Å². The molecule has 0 fully saturated rings. The molecule has 0 radical (unpaired) electrons. The van der Waals surface area contributed by atoms with Crippen LogP contribution in [0.2, 0.25) is 0 Å². The van der Waals surface area contributed by atoms with Gasteiger partial charge in [-0.3, -0.25) is 4.99 Å². The van der Waals surface area contributed by atoms with E-state index in [2.05, 4.69) is 4.99 Å². The molecule has 0 aliphatic rings. The Bertz CT molecular complexity index is 603. The van der Waals surface area contributed by atoms with Gasteiger partial charge >= 0.3 is 5.97 Å². The normalized spacial score (nSPS) is 10.7. The molecular weight excluding hydrogens is 242 g/mol. The highest BCUT2D eigenvalue weighted by Gasteiger charge is 2.01. The molecule has 0 aliphatic heterocycles. The highest BCUT2D eigenvalue weighted by molar-refractivity contribution is 5.87. The minimum Gasteiger partial charge on any atom is -0.507 e. The van der Waals surface area contributed by atoms with Crippen molar-refractivity contribution in [2.75, 3.05) is 0 Å². The van der Waals surface area contributed by atoms with Crippen LogP contribution in [0.4, 0.5) is 0 Å². The zero-order chi connectivity index (χ0) is 13.7. The highest BCUT2D eigenvalue weighted by Crippen LogP contribution is 2.13. The van der Waals surface area contributed by atoms with Gasteiger partial charge in [0.1, 0.15) is 5.75 Å². The van der Waals surface area contributed by atoms with Crippen molar-refractivity contribution in [2.24, 2.45) is 4.99 Å². The molecule has 0 spiro atoms. The number of rotatable bonds is 4. The summed E-state index contributed by atoms with van der Waals surface area (Å²) in [7, 11) is 0. The highest BCUT2D eigenvalue weighted by atomic mass is 16.4. The number of phenolic OH excluding ortho intramolecular Hbond substituents is 1. The molecule has 2 rings (SSSR count). The van der Waals surface area contributed by atoms with Crippen LogP contribution in [0.25, 0.3) is 0 Å². The van der Waals surface area contributed by atoms with Gasteiger partial charge in [0.15, 0.2) is 0 Å². The van der Waals surface area contributed by atoms with Gasteiger partial charge in [-0.15, -0.1) is 0 Å². The molecular formula is C15H13NO3. The summed E-state index contributed by atoms with van der Waals surface area (Å²) in [6.45, 7) is 0.439. The van der Waals surface area contributed by atoms with Crippen LogP contribution in [-0.2, 0) is 6.54 Å². The fourth-order valence-corrected chi connectivity index (χ4v) is 1.60. The van der Waals surface area contributed by atoms with Crippen LogP contribution in [0, 0.1) is 0 Å². The predicted octanol–water partition coefficient (Wildman–Crippen LogP) is 2.71. The molecule has 19 heavy (non-hydrogen) atoms. The maximum Gasteiger partial charge on any atom is 0.335 e. The van der Waals surface area contributed by atoms with Crippen LogP contribution in [0.3, 0.4) is 0 Å². The number of aromatic carboxylic acids is 1. The van der Waals surface area contributed by atoms with E-state index in [1.807, 2.05) is 6.07 Å². The van der Waals surface area contributed by atoms with E-state index in [0.29, 0.717) is 12.1 Å². The smallest absolute Gasteiger partial charge is 0.335 e. The van der Waals surface area contributed by atoms with Gasteiger partial charge in [0.05, 0.1) is 12.1 Å². The Morgan fingerprint density at radius 1 is 1.11 bits per heavy atom. The summed E-state index contributed by atoms with van der Waals surface area (Å²) in [5.74, 6) is -0.753. The van der Waals surface area contributed by atoms with Crippen molar-refractivity contribution in [3.63, 3.8) is 0 Å². The minimum absolute atomic E-state index is 0.187. The van der Waals surface area contributed by atoms with Crippen LogP contribution in [0.1, 0.15) is 21.5 Å². The Labute approximate surface area is 110 Å². The molecule has 2 aromatic rings. The van der Waals surface area contributed by atoms with Gasteiger partial charge in [0.2, 0.25) is 0 Å². The van der Waals surface area contributed by atoms with Gasteiger partial charge < -0.3 is 10.2 Å². The van der Waals surface area contributed by atoms with E-state index in [9.17, 15) is 9.90 Å². The molecule has 0 heterocycles. The largest absolute Gasteiger partial charge is 0.507 e. The summed E-state index contributed by atoms with van der Waals surface area (Å²) in [6.07, 6.45) is 1.60. The number of hydrogen-bond acceptors (Lipinski definition) is 3. The van der Waals surface area contributed by atoms with Gasteiger partial charge in [-0.1, -0.05) is 24.3 Å². The maximum absolute atomic E-state index is 10.7. The summed E-state index contributed by atoms with van der Waals surface area (Å²) < 4.78 is 0. The first kappa shape index (κ1) is 12.8. The molecule has 0 bridgehead atoms. The van der Waals surface area contributed by atoms with Crippen molar-refractivity contribution in [2.45, 2.75) is 6.54 Å². The molecule has 4 nitrogen and oxygen atoms in total. The molecule has 96 valence electrons. The van der Waals surface area contributed by atoms with E-state index in [1.165, 1.54) is 0 Å². The zero-order valence-corrected chi connectivity index (χ0v) is 10.2. The van der Waals surface area contributed by atoms with E-state index in [-0.39, 0.29) is 11.3 Å². The molecule has 2 N–H and O–H groups in total. The first-order valence-corrected chi connectivity index (χ1v) is 5.77. The standard InChI is InChI=1S/C15H13NO3/c17-14-4-2-1-3-13(14)10-16-9-11-5-7-12(8-6-11)15(18)19/h1-8,10,17H,9H2,(H,18,19). The lowest BCUT2D eigenvalue weighted by atomic mass is 10.1. The Morgan fingerprint density at radius 3 is 2.42 bits per heavy atom. The summed E-state index contributed by atoms with van der Waals surface area (Å²) in [5.41, 5.74) is 1.83. The molecule has 0 amide bonds. The number of nitrogens with zero attached hydrogens (tertiary/aromatic N) is 1. The van der Waals surface area contributed by atoms with Gasteiger partial charge in [-0.2, -0.15) is 0 Å². The summed E-state index contributed by atoms with van der Waals surface area (Å²) in [4.78, 5) is 14.9. The molecule has 0 saturated carbocycles. The first-order valence-electron chi connectivity index (χ1n) is 5.77. The van der Waals surface area contributed by atoms with E-state index >= 15 is 0 Å². The van der Waals surface area contributed by atoms with Crippen molar-refractivity contribution in [1.82, 2.24) is 0 Å². The van der Waals surface area contributed by atoms with Crippen molar-refractivity contribution in [3.05, 3.63) is 65.2 Å². The Morgan fingerprint density at radius 2 is 1.79 bits per heavy atom. The fourth-order valence-electron chi connectivity index (χ4n) is 1.60. The summed E-state index contributed by atoms with van der Waals surface area (Å²) >= 11 is 0. The average Bonchev–Trinajstić information content (AvgIpc) is 2.41. The second-order valence-corrected chi connectivity index (χ2v) is 4.03. The number of benzene rings is 2. The maximum atomic E-state index is 10.7. The quantitative estimate of drug-likeness (QED) is 0.825. The number of hydrogen-bond donors (Lipinski definition) is 2. The van der Waals surface area contributed by atoms with Crippen molar-refractivity contribution >= 4 is 12.2 Å². The van der Waals surface area contributed by atoms with Crippen LogP contribution in [0.15, 0.2) is 53.5 Å². The number of aromatic hydroxyl groups is 1. The monoisotopic (exact) mass is 255 g/mol. The fraction of sp³-hybridized carbons (Fsp3) is 0.0667. The third-order valence-electron chi connectivity index (χ3n) is 2.64. The third-order valence-corrected chi connectivity index (χ3v) is 2.64. The summed E-state index contributed by atoms with van der Waals surface area (Å²) in [6, 6.07) is 13.5. The van der Waals surface area contributed by atoms with Gasteiger partial charge in [-0.25, -0.2) is 4.79 Å². The number of carboxylic acids is 1. The first-order chi connectivity index (χ1) is 9.16. The van der Waals surface area contributed by atoms with Crippen LogP contribution in [0.5, 0.6) is 5.75 Å². The van der Waals surface area contributed by atoms with Crippen LogP contribution >= 0.6 is 0 Å². The number of carbonyl (C=O) groups is 1. The number of carboxylic acid groups (broad SMARTS) is 1. The number of para-hydroxylation sites is 1. The van der Waals surface area contributed by atoms with E-state index in [4.69, 9.17) is 5.11 Å². The van der Waals surface area contributed by atoms with E-state index < -0.39 is 5.97 Å². The zero-order valence-electron chi connectivity index (χ0n) is 10.2. The Balaban J connectivity index is 2.03. The lowest BCUT2D eigenvalue weighted by molar-refractivity contribution is 0.0697. The van der Waals surface area contributed by atoms with Crippen LogP contribution in [-0.4, -0.2) is 22.4 Å². The van der Waals surface area contributed by atoms with E-state index in [1.54, 1.807) is 48.7 Å². The van der Waals surface area contributed by atoms with Gasteiger partial charge in [0, 0.05) is 11.8 Å². The van der Waals surface area contributed by atoms with Crippen molar-refractivity contribution in [3.8, 4) is 5.75 Å². The Kier molecular flexibility index (Phi) is 3.93. The predicted molar refractivity (Wildman–Crippen MR) is 72.8 cm³/mol. The topological polar surface area (TPSA) is 69.9 Å². The third kappa shape index (κ3) is 3.42.